The van der Waals surface area contributed by atoms with Gasteiger partial charge in [0.15, 0.2) is 0 Å². The van der Waals surface area contributed by atoms with Gasteiger partial charge in [0.1, 0.15) is 0 Å². The molecule has 0 aliphatic carbocycles. The average Bonchev–Trinajstić information content (AvgIpc) is 2.44. The van der Waals surface area contributed by atoms with Crippen molar-refractivity contribution in [2.24, 2.45) is 0 Å². The lowest BCUT2D eigenvalue weighted by atomic mass is 10.1. The number of nitrogens with zero attached hydrogens (tertiary/aromatic N) is 2. The van der Waals surface area contributed by atoms with Gasteiger partial charge in [-0.25, -0.2) is 4.79 Å². The largest absolute Gasteiger partial charge is 0.478 e. The van der Waals surface area contributed by atoms with Gasteiger partial charge in [0, 0.05) is 30.1 Å². The zero-order valence-electron chi connectivity index (χ0n) is 13.2. The van der Waals surface area contributed by atoms with Crippen LogP contribution in [0.3, 0.4) is 0 Å². The fourth-order valence-corrected chi connectivity index (χ4v) is 3.70. The highest BCUT2D eigenvalue weighted by atomic mass is 32.2. The average molecular weight is 308 g/mol. The molecular formula is C16H24N2O2S. The topological polar surface area (TPSA) is 43.8 Å². The molecule has 1 aliphatic heterocycles. The molecule has 2 atom stereocenters. The minimum absolute atomic E-state index is 0.415. The molecule has 1 heterocycles. The Kier molecular flexibility index (Phi) is 5.17. The van der Waals surface area contributed by atoms with Crippen molar-refractivity contribution in [3.63, 3.8) is 0 Å². The Labute approximate surface area is 131 Å². The van der Waals surface area contributed by atoms with Crippen LogP contribution < -0.4 is 4.90 Å². The van der Waals surface area contributed by atoms with Crippen molar-refractivity contribution in [3.8, 4) is 0 Å². The summed E-state index contributed by atoms with van der Waals surface area (Å²) in [4.78, 5) is 17.2. The Hall–Kier alpha value is -1.20. The summed E-state index contributed by atoms with van der Waals surface area (Å²) < 4.78 is 0. The molecule has 5 heteroatoms. The number of rotatable bonds is 4. The van der Waals surface area contributed by atoms with E-state index in [2.05, 4.69) is 30.7 Å². The molecule has 0 amide bonds. The lowest BCUT2D eigenvalue weighted by molar-refractivity contribution is 0.0693. The Morgan fingerprint density at radius 1 is 1.33 bits per heavy atom. The van der Waals surface area contributed by atoms with Gasteiger partial charge in [0.25, 0.3) is 0 Å². The van der Waals surface area contributed by atoms with Crippen LogP contribution in [0.15, 0.2) is 23.1 Å². The van der Waals surface area contributed by atoms with E-state index in [0.717, 1.165) is 29.4 Å². The SMILES string of the molecule is CCSc1cccc(N2CC(C)N(C)C(C)C2)c1C(=O)O. The van der Waals surface area contributed by atoms with Gasteiger partial charge in [-0.3, -0.25) is 4.90 Å². The fraction of sp³-hybridized carbons (Fsp3) is 0.562. The van der Waals surface area contributed by atoms with E-state index in [1.54, 1.807) is 11.8 Å². The van der Waals surface area contributed by atoms with Crippen molar-refractivity contribution >= 4 is 23.4 Å². The van der Waals surface area contributed by atoms with Gasteiger partial charge in [-0.2, -0.15) is 0 Å². The van der Waals surface area contributed by atoms with E-state index >= 15 is 0 Å². The molecule has 1 saturated heterocycles. The van der Waals surface area contributed by atoms with Gasteiger partial charge >= 0.3 is 5.97 Å². The van der Waals surface area contributed by atoms with Crippen molar-refractivity contribution in [2.75, 3.05) is 30.8 Å². The van der Waals surface area contributed by atoms with E-state index in [0.29, 0.717) is 17.6 Å². The molecular weight excluding hydrogens is 284 g/mol. The van der Waals surface area contributed by atoms with Crippen molar-refractivity contribution in [3.05, 3.63) is 23.8 Å². The Morgan fingerprint density at radius 3 is 2.48 bits per heavy atom. The third-order valence-corrected chi connectivity index (χ3v) is 5.16. The molecule has 1 aromatic rings. The predicted octanol–water partition coefficient (Wildman–Crippen LogP) is 3.03. The highest BCUT2D eigenvalue weighted by Crippen LogP contribution is 2.32. The van der Waals surface area contributed by atoms with Crippen LogP contribution in [-0.4, -0.2) is 53.9 Å². The molecule has 0 aromatic heterocycles. The van der Waals surface area contributed by atoms with Gasteiger partial charge in [0.05, 0.1) is 11.3 Å². The van der Waals surface area contributed by atoms with Gasteiger partial charge in [-0.15, -0.1) is 11.8 Å². The van der Waals surface area contributed by atoms with E-state index < -0.39 is 5.97 Å². The van der Waals surface area contributed by atoms with E-state index in [4.69, 9.17) is 0 Å². The van der Waals surface area contributed by atoms with Gasteiger partial charge in [-0.1, -0.05) is 13.0 Å². The first-order valence-electron chi connectivity index (χ1n) is 7.41. The lowest BCUT2D eigenvalue weighted by Crippen LogP contribution is -2.55. The molecule has 1 aromatic carbocycles. The number of carbonyl (C=O) groups is 1. The maximum Gasteiger partial charge on any atom is 0.338 e. The molecule has 0 radical (unpaired) electrons. The number of hydrogen-bond acceptors (Lipinski definition) is 4. The highest BCUT2D eigenvalue weighted by molar-refractivity contribution is 7.99. The molecule has 2 rings (SSSR count). The summed E-state index contributed by atoms with van der Waals surface area (Å²) in [6.45, 7) is 8.15. The van der Waals surface area contributed by atoms with Gasteiger partial charge in [-0.05, 0) is 38.8 Å². The monoisotopic (exact) mass is 308 g/mol. The Morgan fingerprint density at radius 2 is 1.95 bits per heavy atom. The van der Waals surface area contributed by atoms with Crippen LogP contribution in [-0.2, 0) is 0 Å². The second-order valence-corrected chi connectivity index (χ2v) is 6.96. The Bertz CT molecular complexity index is 509. The molecule has 1 N–H and O–H groups in total. The molecule has 2 unspecified atom stereocenters. The third-order valence-electron chi connectivity index (χ3n) is 4.22. The van der Waals surface area contributed by atoms with Crippen LogP contribution in [0.2, 0.25) is 0 Å². The quantitative estimate of drug-likeness (QED) is 0.866. The van der Waals surface area contributed by atoms with Crippen LogP contribution >= 0.6 is 11.8 Å². The summed E-state index contributed by atoms with van der Waals surface area (Å²) in [5.41, 5.74) is 1.31. The molecule has 0 spiro atoms. The van der Waals surface area contributed by atoms with Gasteiger partial charge < -0.3 is 10.0 Å². The van der Waals surface area contributed by atoms with Crippen LogP contribution in [0.1, 0.15) is 31.1 Å². The molecule has 116 valence electrons. The molecule has 1 fully saturated rings. The van der Waals surface area contributed by atoms with Crippen molar-refractivity contribution in [2.45, 2.75) is 37.8 Å². The van der Waals surface area contributed by atoms with Crippen LogP contribution in [0.25, 0.3) is 0 Å². The number of likely N-dealkylation sites (N-methyl/N-ethyl adjacent to an activating group) is 1. The number of anilines is 1. The number of hydrogen-bond donors (Lipinski definition) is 1. The zero-order chi connectivity index (χ0) is 15.6. The molecule has 4 nitrogen and oxygen atoms in total. The number of carboxylic acid groups (broad SMARTS) is 1. The van der Waals surface area contributed by atoms with Crippen molar-refractivity contribution < 1.29 is 9.90 Å². The number of carboxylic acids is 1. The summed E-state index contributed by atoms with van der Waals surface area (Å²) in [7, 11) is 2.13. The first-order chi connectivity index (χ1) is 9.95. The van der Waals surface area contributed by atoms with E-state index in [1.165, 1.54) is 0 Å². The summed E-state index contributed by atoms with van der Waals surface area (Å²) in [6, 6.07) is 6.64. The molecule has 0 saturated carbocycles. The van der Waals surface area contributed by atoms with Crippen LogP contribution in [0, 0.1) is 0 Å². The standard InChI is InChI=1S/C16H24N2O2S/c1-5-21-14-8-6-7-13(15(14)16(19)20)18-9-11(2)17(4)12(3)10-18/h6-8,11-12H,5,9-10H2,1-4H3,(H,19,20). The maximum atomic E-state index is 11.7. The summed E-state index contributed by atoms with van der Waals surface area (Å²) in [5.74, 6) is 0.0417. The Balaban J connectivity index is 2.39. The third kappa shape index (κ3) is 3.35. The second kappa shape index (κ2) is 6.71. The molecule has 0 bridgehead atoms. The van der Waals surface area contributed by atoms with Crippen LogP contribution in [0.5, 0.6) is 0 Å². The highest BCUT2D eigenvalue weighted by Gasteiger charge is 2.29. The van der Waals surface area contributed by atoms with Crippen molar-refractivity contribution in [1.29, 1.82) is 0 Å². The summed E-state index contributed by atoms with van der Waals surface area (Å²) >= 11 is 1.59. The smallest absolute Gasteiger partial charge is 0.338 e. The second-order valence-electron chi connectivity index (χ2n) is 5.66. The van der Waals surface area contributed by atoms with E-state index in [9.17, 15) is 9.90 Å². The minimum Gasteiger partial charge on any atom is -0.478 e. The normalized spacial score (nSPS) is 23.3. The summed E-state index contributed by atoms with van der Waals surface area (Å²) in [5, 5.41) is 9.64. The van der Waals surface area contributed by atoms with Crippen molar-refractivity contribution in [1.82, 2.24) is 4.90 Å². The number of thioether (sulfide) groups is 1. The minimum atomic E-state index is -0.833. The zero-order valence-corrected chi connectivity index (χ0v) is 14.0. The van der Waals surface area contributed by atoms with Crippen LogP contribution in [0.4, 0.5) is 5.69 Å². The van der Waals surface area contributed by atoms with E-state index in [1.807, 2.05) is 25.1 Å². The molecule has 1 aliphatic rings. The lowest BCUT2D eigenvalue weighted by Gasteiger charge is -2.44. The number of aromatic carboxylic acids is 1. The molecule has 21 heavy (non-hydrogen) atoms. The van der Waals surface area contributed by atoms with Gasteiger partial charge in [0.2, 0.25) is 0 Å². The number of piperazine rings is 1. The maximum absolute atomic E-state index is 11.7. The van der Waals surface area contributed by atoms with E-state index in [-0.39, 0.29) is 0 Å². The first-order valence-corrected chi connectivity index (χ1v) is 8.40. The first kappa shape index (κ1) is 16.2. The summed E-state index contributed by atoms with van der Waals surface area (Å²) in [6.07, 6.45) is 0. The fourth-order valence-electron chi connectivity index (χ4n) is 2.87. The number of benzene rings is 1. The predicted molar refractivity (Wildman–Crippen MR) is 88.7 cm³/mol.